The zero-order valence-electron chi connectivity index (χ0n) is 22.0. The number of anilines is 4. The van der Waals surface area contributed by atoms with Crippen LogP contribution in [-0.4, -0.2) is 75.2 Å². The number of ether oxygens (including phenoxy) is 1. The van der Waals surface area contributed by atoms with Gasteiger partial charge in [0.15, 0.2) is 0 Å². The number of aromatic nitrogens is 1. The molecule has 1 amide bonds. The highest BCUT2D eigenvalue weighted by atomic mass is 32.2. The van der Waals surface area contributed by atoms with Crippen LogP contribution in [0.5, 0.6) is 0 Å². The van der Waals surface area contributed by atoms with E-state index in [1.54, 1.807) is 24.3 Å². The van der Waals surface area contributed by atoms with Gasteiger partial charge in [-0.25, -0.2) is 13.4 Å². The maximum atomic E-state index is 13.5. The number of aliphatic hydroxyl groups excluding tert-OH is 1. The Hall–Kier alpha value is -2.89. The fourth-order valence-corrected chi connectivity index (χ4v) is 6.04. The molecule has 206 valence electrons. The van der Waals surface area contributed by atoms with E-state index in [0.29, 0.717) is 34.8 Å². The second kappa shape index (κ2) is 10.7. The lowest BCUT2D eigenvalue weighted by Gasteiger charge is -2.35. The summed E-state index contributed by atoms with van der Waals surface area (Å²) in [6.45, 7) is 6.72. The molecule has 1 aromatic heterocycles. The van der Waals surface area contributed by atoms with Crippen molar-refractivity contribution in [1.29, 1.82) is 0 Å². The van der Waals surface area contributed by atoms with Gasteiger partial charge in [0.2, 0.25) is 10.0 Å². The molecule has 3 aliphatic rings. The number of nitrogens with one attached hydrogen (secondary N) is 2. The van der Waals surface area contributed by atoms with Crippen LogP contribution in [0.4, 0.5) is 23.0 Å². The quantitative estimate of drug-likeness (QED) is 0.464. The molecule has 1 saturated carbocycles. The normalized spacial score (nSPS) is 21.7. The molecule has 0 bridgehead atoms. The molecular formula is C27H37N5O5S. The van der Waals surface area contributed by atoms with Crippen LogP contribution in [0.25, 0.3) is 0 Å². The van der Waals surface area contributed by atoms with Crippen LogP contribution in [-0.2, 0) is 14.8 Å². The van der Waals surface area contributed by atoms with Gasteiger partial charge in [-0.1, -0.05) is 6.07 Å². The first kappa shape index (κ1) is 26.7. The summed E-state index contributed by atoms with van der Waals surface area (Å²) in [7, 11) is -3.76. The lowest BCUT2D eigenvalue weighted by molar-refractivity contribution is 0.0529. The van der Waals surface area contributed by atoms with Crippen LogP contribution >= 0.6 is 0 Å². The molecule has 5 rings (SSSR count). The van der Waals surface area contributed by atoms with Gasteiger partial charge in [-0.05, 0) is 75.3 Å². The predicted molar refractivity (Wildman–Crippen MR) is 148 cm³/mol. The van der Waals surface area contributed by atoms with Crippen molar-refractivity contribution in [3.05, 3.63) is 42.0 Å². The summed E-state index contributed by atoms with van der Waals surface area (Å²) < 4.78 is 33.3. The molecule has 1 aliphatic carbocycles. The van der Waals surface area contributed by atoms with Gasteiger partial charge in [-0.15, -0.1) is 0 Å². The summed E-state index contributed by atoms with van der Waals surface area (Å²) in [6.07, 6.45) is 4.76. The van der Waals surface area contributed by atoms with Crippen LogP contribution in [0.15, 0.2) is 36.4 Å². The molecule has 0 unspecified atom stereocenters. The number of carbonyl (C=O) groups is 1. The summed E-state index contributed by atoms with van der Waals surface area (Å²) in [5.74, 6) is 0.936. The number of hydrogen-bond acceptors (Lipinski definition) is 8. The molecule has 1 aromatic carbocycles. The van der Waals surface area contributed by atoms with Crippen molar-refractivity contribution < 1.29 is 23.1 Å². The first-order valence-electron chi connectivity index (χ1n) is 13.3. The second-order valence-electron chi connectivity index (χ2n) is 10.8. The predicted octanol–water partition coefficient (Wildman–Crippen LogP) is 3.06. The summed E-state index contributed by atoms with van der Waals surface area (Å²) in [5.41, 5.74) is 1.97. The van der Waals surface area contributed by atoms with E-state index in [4.69, 9.17) is 4.74 Å². The Morgan fingerprint density at radius 3 is 2.61 bits per heavy atom. The average molecular weight is 544 g/mol. The SMILES string of the molecule is C[C@@H]1CN(c2cccc(NC(=O)c3ccc(NS(=O)(=O)[C@@H](C)CO)cc3N3CCC4(CC3)CC4)n2)CCO1. The Morgan fingerprint density at radius 1 is 1.16 bits per heavy atom. The van der Waals surface area contributed by atoms with Crippen LogP contribution in [0, 0.1) is 5.41 Å². The lowest BCUT2D eigenvalue weighted by Crippen LogP contribution is -2.41. The summed E-state index contributed by atoms with van der Waals surface area (Å²) in [5, 5.41) is 11.3. The third-order valence-corrected chi connectivity index (χ3v) is 9.68. The number of morpholine rings is 1. The van der Waals surface area contributed by atoms with E-state index in [1.807, 2.05) is 19.1 Å². The Labute approximate surface area is 224 Å². The first-order chi connectivity index (χ1) is 18.2. The van der Waals surface area contributed by atoms with Gasteiger partial charge in [-0.3, -0.25) is 9.52 Å². The van der Waals surface area contributed by atoms with Gasteiger partial charge in [-0.2, -0.15) is 0 Å². The number of piperidine rings is 1. The molecule has 2 aliphatic heterocycles. The van der Waals surface area contributed by atoms with Crippen molar-refractivity contribution in [2.45, 2.75) is 50.9 Å². The molecule has 2 saturated heterocycles. The van der Waals surface area contributed by atoms with Crippen molar-refractivity contribution in [1.82, 2.24) is 4.98 Å². The van der Waals surface area contributed by atoms with E-state index >= 15 is 0 Å². The van der Waals surface area contributed by atoms with Crippen molar-refractivity contribution in [2.75, 3.05) is 59.2 Å². The minimum absolute atomic E-state index is 0.113. The van der Waals surface area contributed by atoms with Gasteiger partial charge in [0.1, 0.15) is 16.9 Å². The highest BCUT2D eigenvalue weighted by molar-refractivity contribution is 7.93. The highest BCUT2D eigenvalue weighted by Gasteiger charge is 2.44. The Bertz CT molecular complexity index is 1270. The monoisotopic (exact) mass is 543 g/mol. The summed E-state index contributed by atoms with van der Waals surface area (Å²) in [4.78, 5) is 22.5. The van der Waals surface area contributed by atoms with E-state index in [9.17, 15) is 18.3 Å². The van der Waals surface area contributed by atoms with Gasteiger partial charge >= 0.3 is 0 Å². The number of benzene rings is 1. The van der Waals surface area contributed by atoms with E-state index in [-0.39, 0.29) is 12.0 Å². The van der Waals surface area contributed by atoms with Crippen LogP contribution in [0.3, 0.4) is 0 Å². The van der Waals surface area contributed by atoms with Crippen LogP contribution in [0.1, 0.15) is 49.9 Å². The van der Waals surface area contributed by atoms with E-state index < -0.39 is 21.9 Å². The summed E-state index contributed by atoms with van der Waals surface area (Å²) >= 11 is 0. The Morgan fingerprint density at radius 2 is 1.92 bits per heavy atom. The van der Waals surface area contributed by atoms with Crippen molar-refractivity contribution in [3.63, 3.8) is 0 Å². The van der Waals surface area contributed by atoms with Crippen molar-refractivity contribution in [2.24, 2.45) is 5.41 Å². The third-order valence-electron chi connectivity index (χ3n) is 7.95. The molecule has 3 fully saturated rings. The molecule has 0 radical (unpaired) electrons. The number of hydrogen-bond donors (Lipinski definition) is 3. The molecular weight excluding hydrogens is 506 g/mol. The molecule has 1 spiro atoms. The number of aliphatic hydroxyl groups is 1. The molecule has 11 heteroatoms. The lowest BCUT2D eigenvalue weighted by atomic mass is 9.93. The number of sulfonamides is 1. The molecule has 10 nitrogen and oxygen atoms in total. The van der Waals surface area contributed by atoms with Crippen LogP contribution in [0.2, 0.25) is 0 Å². The zero-order chi connectivity index (χ0) is 26.9. The smallest absolute Gasteiger partial charge is 0.258 e. The zero-order valence-corrected chi connectivity index (χ0v) is 22.8. The fourth-order valence-electron chi connectivity index (χ4n) is 5.19. The summed E-state index contributed by atoms with van der Waals surface area (Å²) in [6, 6.07) is 10.5. The molecule has 3 heterocycles. The van der Waals surface area contributed by atoms with E-state index in [2.05, 4.69) is 24.8 Å². The minimum atomic E-state index is -3.76. The van der Waals surface area contributed by atoms with Gasteiger partial charge in [0, 0.05) is 26.2 Å². The van der Waals surface area contributed by atoms with Gasteiger partial charge in [0.05, 0.1) is 36.3 Å². The van der Waals surface area contributed by atoms with Crippen LogP contribution < -0.4 is 19.8 Å². The van der Waals surface area contributed by atoms with Crippen molar-refractivity contribution >= 4 is 38.9 Å². The second-order valence-corrected chi connectivity index (χ2v) is 12.9. The first-order valence-corrected chi connectivity index (χ1v) is 14.9. The Kier molecular flexibility index (Phi) is 7.52. The third kappa shape index (κ3) is 5.89. The molecule has 2 atom stereocenters. The molecule has 2 aromatic rings. The minimum Gasteiger partial charge on any atom is -0.395 e. The number of nitrogens with zero attached hydrogens (tertiary/aromatic N) is 3. The highest BCUT2D eigenvalue weighted by Crippen LogP contribution is 2.54. The van der Waals surface area contributed by atoms with E-state index in [1.165, 1.54) is 19.8 Å². The molecule has 3 N–H and O–H groups in total. The number of pyridine rings is 1. The van der Waals surface area contributed by atoms with Gasteiger partial charge in [0.25, 0.3) is 5.91 Å². The molecule has 38 heavy (non-hydrogen) atoms. The number of rotatable bonds is 8. The van der Waals surface area contributed by atoms with Gasteiger partial charge < -0.3 is 25.0 Å². The van der Waals surface area contributed by atoms with Crippen molar-refractivity contribution in [3.8, 4) is 0 Å². The topological polar surface area (TPSA) is 124 Å². The Balaban J connectivity index is 1.39. The number of carbonyl (C=O) groups excluding carboxylic acids is 1. The maximum Gasteiger partial charge on any atom is 0.258 e. The largest absolute Gasteiger partial charge is 0.395 e. The van der Waals surface area contributed by atoms with E-state index in [0.717, 1.165) is 44.8 Å². The number of amides is 1. The standard InChI is InChI=1S/C27H37N5O5S/c1-19-17-32(14-15-37-19)25-5-3-4-24(28-25)29-26(34)22-7-6-21(30-38(35,36)20(2)18-33)16-23(22)31-12-10-27(8-9-27)11-13-31/h3-7,16,19-20,30,33H,8-15,17-18H2,1-2H3,(H,28,29,34)/t19-,20+/m1/s1. The average Bonchev–Trinajstić information content (AvgIpc) is 3.67. The maximum absolute atomic E-state index is 13.5. The fraction of sp³-hybridized carbons (Fsp3) is 0.556.